The maximum Gasteiger partial charge on any atom is 0.339 e. The molecule has 0 fully saturated rings. The van der Waals surface area contributed by atoms with Crippen LogP contribution in [0.4, 0.5) is 5.69 Å². The molecule has 120 valence electrons. The highest BCUT2D eigenvalue weighted by Crippen LogP contribution is 2.22. The maximum atomic E-state index is 12.2. The monoisotopic (exact) mass is 333 g/mol. The van der Waals surface area contributed by atoms with E-state index in [-0.39, 0.29) is 23.1 Å². The Morgan fingerprint density at radius 3 is 2.39 bits per heavy atom. The second-order valence-corrected chi connectivity index (χ2v) is 5.00. The number of hydrogen-bond acceptors (Lipinski definition) is 4. The van der Waals surface area contributed by atoms with Gasteiger partial charge in [-0.3, -0.25) is 4.79 Å². The van der Waals surface area contributed by atoms with Gasteiger partial charge < -0.3 is 14.8 Å². The van der Waals surface area contributed by atoms with Crippen LogP contribution in [0.1, 0.15) is 27.6 Å². The topological polar surface area (TPSA) is 64.6 Å². The number of nitrogens with one attached hydrogen (secondary N) is 1. The Morgan fingerprint density at radius 1 is 1.13 bits per heavy atom. The fraction of sp³-hybridized carbons (Fsp3) is 0.176. The number of carbonyl (C=O) groups is 2. The largest absolute Gasteiger partial charge is 0.497 e. The van der Waals surface area contributed by atoms with Gasteiger partial charge in [0, 0.05) is 11.3 Å². The molecule has 0 heterocycles. The number of hydrogen-bond donors (Lipinski definition) is 1. The molecule has 0 saturated heterocycles. The summed E-state index contributed by atoms with van der Waals surface area (Å²) in [6.07, 6.45) is 0. The summed E-state index contributed by atoms with van der Waals surface area (Å²) in [6, 6.07) is 11.3. The lowest BCUT2D eigenvalue weighted by atomic mass is 10.1. The van der Waals surface area contributed by atoms with E-state index in [4.69, 9.17) is 21.1 Å². The lowest BCUT2D eigenvalue weighted by molar-refractivity contribution is 0.0526. The summed E-state index contributed by atoms with van der Waals surface area (Å²) in [5.74, 6) is -0.110. The van der Waals surface area contributed by atoms with Gasteiger partial charge in [0.25, 0.3) is 5.91 Å². The van der Waals surface area contributed by atoms with Crippen molar-refractivity contribution in [1.82, 2.24) is 0 Å². The quantitative estimate of drug-likeness (QED) is 0.846. The Balaban J connectivity index is 2.11. The zero-order chi connectivity index (χ0) is 16.8. The molecule has 0 aliphatic carbocycles. The van der Waals surface area contributed by atoms with Gasteiger partial charge in [-0.2, -0.15) is 0 Å². The molecule has 0 saturated carbocycles. The first-order valence-electron chi connectivity index (χ1n) is 6.97. The number of esters is 1. The number of halogens is 1. The first-order chi connectivity index (χ1) is 11.0. The summed E-state index contributed by atoms with van der Waals surface area (Å²) in [5, 5.41) is 2.94. The highest BCUT2D eigenvalue weighted by molar-refractivity contribution is 6.34. The Bertz CT molecular complexity index is 713. The molecule has 0 bridgehead atoms. The van der Waals surface area contributed by atoms with Gasteiger partial charge in [0.2, 0.25) is 0 Å². The zero-order valence-electron chi connectivity index (χ0n) is 12.8. The van der Waals surface area contributed by atoms with Crippen LogP contribution in [-0.4, -0.2) is 25.6 Å². The lowest BCUT2D eigenvalue weighted by Crippen LogP contribution is -2.12. The minimum Gasteiger partial charge on any atom is -0.497 e. The average molecular weight is 334 g/mol. The molecule has 6 heteroatoms. The second kappa shape index (κ2) is 7.65. The summed E-state index contributed by atoms with van der Waals surface area (Å²) in [5.41, 5.74) is 1.23. The van der Waals surface area contributed by atoms with Crippen LogP contribution < -0.4 is 10.1 Å². The van der Waals surface area contributed by atoms with Gasteiger partial charge in [0.15, 0.2) is 0 Å². The molecule has 1 N–H and O–H groups in total. The van der Waals surface area contributed by atoms with Crippen LogP contribution in [0.3, 0.4) is 0 Å². The molecule has 5 nitrogen and oxygen atoms in total. The van der Waals surface area contributed by atoms with Crippen molar-refractivity contribution in [2.45, 2.75) is 6.92 Å². The van der Waals surface area contributed by atoms with Crippen LogP contribution in [0.15, 0.2) is 42.5 Å². The molecule has 2 aromatic rings. The zero-order valence-corrected chi connectivity index (χ0v) is 13.5. The van der Waals surface area contributed by atoms with Gasteiger partial charge in [-0.15, -0.1) is 0 Å². The molecule has 23 heavy (non-hydrogen) atoms. The Hall–Kier alpha value is -2.53. The first-order valence-corrected chi connectivity index (χ1v) is 7.35. The standard InChI is InChI=1S/C17H16ClNO4/c1-3-23-17(21)14-9-6-12(10-15(14)18)19-16(20)11-4-7-13(22-2)8-5-11/h4-10H,3H2,1-2H3,(H,19,20). The maximum absolute atomic E-state index is 12.2. The van der Waals surface area contributed by atoms with Crippen molar-refractivity contribution in [2.75, 3.05) is 19.0 Å². The highest BCUT2D eigenvalue weighted by Gasteiger charge is 2.13. The number of rotatable bonds is 5. The predicted octanol–water partition coefficient (Wildman–Crippen LogP) is 3.78. The van der Waals surface area contributed by atoms with Crippen LogP contribution in [0.25, 0.3) is 0 Å². The van der Waals surface area contributed by atoms with Crippen LogP contribution in [-0.2, 0) is 4.74 Å². The van der Waals surface area contributed by atoms with E-state index in [0.29, 0.717) is 17.0 Å². The van der Waals surface area contributed by atoms with Gasteiger partial charge in [-0.25, -0.2) is 4.79 Å². The minimum atomic E-state index is -0.495. The molecule has 0 aliphatic heterocycles. The number of ether oxygens (including phenoxy) is 2. The van der Waals surface area contributed by atoms with E-state index in [1.807, 2.05) is 0 Å². The Kier molecular flexibility index (Phi) is 5.60. The summed E-state index contributed by atoms with van der Waals surface area (Å²) < 4.78 is 9.94. The van der Waals surface area contributed by atoms with E-state index in [1.54, 1.807) is 44.4 Å². The second-order valence-electron chi connectivity index (χ2n) is 4.60. The van der Waals surface area contributed by atoms with Crippen molar-refractivity contribution in [3.05, 3.63) is 58.6 Å². The van der Waals surface area contributed by atoms with Gasteiger partial charge in [0.1, 0.15) is 5.75 Å². The number of methoxy groups -OCH3 is 1. The third-order valence-corrected chi connectivity index (χ3v) is 3.39. The van der Waals surface area contributed by atoms with E-state index in [2.05, 4.69) is 5.32 Å². The SMILES string of the molecule is CCOC(=O)c1ccc(NC(=O)c2ccc(OC)cc2)cc1Cl. The van der Waals surface area contributed by atoms with Gasteiger partial charge in [0.05, 0.1) is 24.3 Å². The smallest absolute Gasteiger partial charge is 0.339 e. The van der Waals surface area contributed by atoms with Gasteiger partial charge >= 0.3 is 5.97 Å². The molecule has 0 spiro atoms. The van der Waals surface area contributed by atoms with Crippen molar-refractivity contribution in [3.8, 4) is 5.75 Å². The van der Waals surface area contributed by atoms with Crippen molar-refractivity contribution in [1.29, 1.82) is 0 Å². The molecular formula is C17H16ClNO4. The molecule has 0 radical (unpaired) electrons. The summed E-state index contributed by atoms with van der Waals surface area (Å²) in [7, 11) is 1.56. The fourth-order valence-corrected chi connectivity index (χ4v) is 2.17. The van der Waals surface area contributed by atoms with Crippen LogP contribution in [0, 0.1) is 0 Å². The van der Waals surface area contributed by atoms with E-state index in [1.165, 1.54) is 12.1 Å². The number of anilines is 1. The lowest BCUT2D eigenvalue weighted by Gasteiger charge is -2.09. The van der Waals surface area contributed by atoms with E-state index in [0.717, 1.165) is 0 Å². The molecule has 0 aliphatic rings. The third kappa shape index (κ3) is 4.23. The Labute approximate surface area is 139 Å². The van der Waals surface area contributed by atoms with Crippen molar-refractivity contribution in [2.24, 2.45) is 0 Å². The third-order valence-electron chi connectivity index (χ3n) is 3.07. The van der Waals surface area contributed by atoms with Crippen molar-refractivity contribution < 1.29 is 19.1 Å². The first kappa shape index (κ1) is 16.8. The van der Waals surface area contributed by atoms with E-state index >= 15 is 0 Å². The summed E-state index contributed by atoms with van der Waals surface area (Å²) in [4.78, 5) is 23.8. The van der Waals surface area contributed by atoms with Crippen LogP contribution in [0.2, 0.25) is 5.02 Å². The fourth-order valence-electron chi connectivity index (χ4n) is 1.91. The summed E-state index contributed by atoms with van der Waals surface area (Å²) >= 11 is 6.06. The van der Waals surface area contributed by atoms with Crippen molar-refractivity contribution in [3.63, 3.8) is 0 Å². The molecule has 0 aromatic heterocycles. The number of carbonyl (C=O) groups excluding carboxylic acids is 2. The van der Waals surface area contributed by atoms with Crippen LogP contribution >= 0.6 is 11.6 Å². The van der Waals surface area contributed by atoms with E-state index < -0.39 is 5.97 Å². The molecule has 1 amide bonds. The number of benzene rings is 2. The normalized spacial score (nSPS) is 10.0. The highest BCUT2D eigenvalue weighted by atomic mass is 35.5. The van der Waals surface area contributed by atoms with Gasteiger partial charge in [-0.05, 0) is 49.4 Å². The average Bonchev–Trinajstić information content (AvgIpc) is 2.55. The minimum absolute atomic E-state index is 0.219. The molecular weight excluding hydrogens is 318 g/mol. The molecule has 0 atom stereocenters. The van der Waals surface area contributed by atoms with Crippen molar-refractivity contribution >= 4 is 29.2 Å². The van der Waals surface area contributed by atoms with Crippen LogP contribution in [0.5, 0.6) is 5.75 Å². The van der Waals surface area contributed by atoms with Gasteiger partial charge in [-0.1, -0.05) is 11.6 Å². The summed E-state index contributed by atoms with van der Waals surface area (Å²) in [6.45, 7) is 1.99. The Morgan fingerprint density at radius 2 is 1.83 bits per heavy atom. The van der Waals surface area contributed by atoms with E-state index in [9.17, 15) is 9.59 Å². The number of amides is 1. The molecule has 2 rings (SSSR count). The molecule has 0 unspecified atom stereocenters. The predicted molar refractivity (Wildman–Crippen MR) is 88.4 cm³/mol. The molecule has 2 aromatic carbocycles.